The molecule has 6 nitrogen and oxygen atoms in total. The summed E-state index contributed by atoms with van der Waals surface area (Å²) in [7, 11) is 0. The zero-order valence-electron chi connectivity index (χ0n) is 15.4. The van der Waals surface area contributed by atoms with Crippen LogP contribution in [0.15, 0.2) is 0 Å². The van der Waals surface area contributed by atoms with Gasteiger partial charge in [0.05, 0.1) is 18.1 Å². The van der Waals surface area contributed by atoms with E-state index in [2.05, 4.69) is 6.92 Å². The number of fused-ring (bicyclic) bond motifs is 2. The number of nitrogens with zero attached hydrogens (tertiary/aromatic N) is 2. The Hall–Kier alpha value is -1.30. The maximum absolute atomic E-state index is 12.7. The molecule has 2 N–H and O–H groups in total. The standard InChI is InChI=1S/C17H31N3O3/c1-10-11-9-20(15(22)23-17(5,6)7)12(10)8-19(11)14(21)13(18)16(2,3)4/h10-13H,8-9,18H2,1-7H3/t10-,11-,12-,13-/m1/s1. The molecule has 0 aromatic rings. The van der Waals surface area contributed by atoms with Gasteiger partial charge in [0.2, 0.25) is 5.91 Å². The topological polar surface area (TPSA) is 75.9 Å². The Balaban J connectivity index is 2.07. The van der Waals surface area contributed by atoms with Gasteiger partial charge < -0.3 is 20.3 Å². The van der Waals surface area contributed by atoms with Crippen molar-refractivity contribution in [2.24, 2.45) is 17.1 Å². The van der Waals surface area contributed by atoms with Gasteiger partial charge >= 0.3 is 6.09 Å². The molecule has 0 aromatic heterocycles. The van der Waals surface area contributed by atoms with Gasteiger partial charge in [-0.25, -0.2) is 4.79 Å². The van der Waals surface area contributed by atoms with Gasteiger partial charge in [0.15, 0.2) is 0 Å². The first-order valence-electron chi connectivity index (χ1n) is 8.38. The summed E-state index contributed by atoms with van der Waals surface area (Å²) in [4.78, 5) is 28.7. The molecule has 0 spiro atoms. The maximum Gasteiger partial charge on any atom is 0.410 e. The summed E-state index contributed by atoms with van der Waals surface area (Å²) in [5.74, 6) is 0.235. The van der Waals surface area contributed by atoms with Crippen molar-refractivity contribution in [3.8, 4) is 0 Å². The molecule has 2 rings (SSSR count). The smallest absolute Gasteiger partial charge is 0.410 e. The average Bonchev–Trinajstić information content (AvgIpc) is 2.87. The monoisotopic (exact) mass is 325 g/mol. The van der Waals surface area contributed by atoms with E-state index in [0.29, 0.717) is 13.1 Å². The molecule has 0 radical (unpaired) electrons. The highest BCUT2D eigenvalue weighted by Gasteiger charge is 2.54. The summed E-state index contributed by atoms with van der Waals surface area (Å²) in [5, 5.41) is 0. The molecule has 0 saturated carbocycles. The highest BCUT2D eigenvalue weighted by Crippen LogP contribution is 2.37. The molecule has 132 valence electrons. The number of carbonyl (C=O) groups is 2. The number of hydrogen-bond donors (Lipinski definition) is 1. The van der Waals surface area contributed by atoms with Crippen LogP contribution in [0.3, 0.4) is 0 Å². The van der Waals surface area contributed by atoms with Crippen LogP contribution in [-0.2, 0) is 9.53 Å². The van der Waals surface area contributed by atoms with E-state index in [9.17, 15) is 9.59 Å². The largest absolute Gasteiger partial charge is 0.444 e. The first kappa shape index (κ1) is 18.0. The normalized spacial score (nSPS) is 29.0. The lowest BCUT2D eigenvalue weighted by atomic mass is 9.86. The number of hydrogen-bond acceptors (Lipinski definition) is 4. The van der Waals surface area contributed by atoms with E-state index >= 15 is 0 Å². The van der Waals surface area contributed by atoms with Crippen molar-refractivity contribution in [2.75, 3.05) is 13.1 Å². The fourth-order valence-corrected chi connectivity index (χ4v) is 3.36. The van der Waals surface area contributed by atoms with Gasteiger partial charge in [-0.2, -0.15) is 0 Å². The van der Waals surface area contributed by atoms with Crippen LogP contribution in [0.25, 0.3) is 0 Å². The van der Waals surface area contributed by atoms with Crippen molar-refractivity contribution >= 4 is 12.0 Å². The molecule has 2 bridgehead atoms. The maximum atomic E-state index is 12.7. The SMILES string of the molecule is C[C@H]1[C@H]2CN(C(=O)[C@@H](N)C(C)(C)C)[C@@H]1CN2C(=O)OC(C)(C)C. The average molecular weight is 325 g/mol. The molecule has 2 saturated heterocycles. The Morgan fingerprint density at radius 1 is 1.04 bits per heavy atom. The zero-order chi connectivity index (χ0) is 17.7. The Bertz CT molecular complexity index is 492. The van der Waals surface area contributed by atoms with E-state index in [-0.39, 0.29) is 35.4 Å². The Kier molecular flexibility index (Phi) is 4.43. The number of amides is 2. The van der Waals surface area contributed by atoms with E-state index in [0.717, 1.165) is 0 Å². The summed E-state index contributed by atoms with van der Waals surface area (Å²) >= 11 is 0. The first-order chi connectivity index (χ1) is 10.3. The summed E-state index contributed by atoms with van der Waals surface area (Å²) in [6, 6.07) is -0.469. The van der Waals surface area contributed by atoms with Gasteiger partial charge in [-0.1, -0.05) is 27.7 Å². The molecule has 2 aliphatic heterocycles. The lowest BCUT2D eigenvalue weighted by Gasteiger charge is -2.38. The second-order valence-corrected chi connectivity index (χ2v) is 8.96. The quantitative estimate of drug-likeness (QED) is 0.798. The van der Waals surface area contributed by atoms with Gasteiger partial charge in [-0.05, 0) is 26.2 Å². The molecule has 4 atom stereocenters. The third kappa shape index (κ3) is 3.47. The minimum atomic E-state index is -0.524. The van der Waals surface area contributed by atoms with Crippen LogP contribution < -0.4 is 5.73 Å². The minimum Gasteiger partial charge on any atom is -0.444 e. The highest BCUT2D eigenvalue weighted by atomic mass is 16.6. The molecule has 2 fully saturated rings. The van der Waals surface area contributed by atoms with Gasteiger partial charge in [-0.15, -0.1) is 0 Å². The van der Waals surface area contributed by atoms with E-state index < -0.39 is 11.6 Å². The summed E-state index contributed by atoms with van der Waals surface area (Å²) < 4.78 is 5.48. The second kappa shape index (κ2) is 5.65. The Labute approximate surface area is 139 Å². The van der Waals surface area contributed by atoms with Gasteiger partial charge in [-0.3, -0.25) is 4.79 Å². The minimum absolute atomic E-state index is 0.0133. The van der Waals surface area contributed by atoms with Gasteiger partial charge in [0.25, 0.3) is 0 Å². The van der Waals surface area contributed by atoms with E-state index in [1.54, 1.807) is 4.90 Å². The van der Waals surface area contributed by atoms with Crippen LogP contribution in [0.4, 0.5) is 4.79 Å². The lowest BCUT2D eigenvalue weighted by Crippen LogP contribution is -2.57. The number of ether oxygens (including phenoxy) is 1. The Morgan fingerprint density at radius 3 is 1.91 bits per heavy atom. The number of nitrogens with two attached hydrogens (primary N) is 1. The molecule has 2 heterocycles. The van der Waals surface area contributed by atoms with Gasteiger partial charge in [0, 0.05) is 19.0 Å². The predicted octanol–water partition coefficient (Wildman–Crippen LogP) is 1.83. The van der Waals surface area contributed by atoms with Crippen LogP contribution in [-0.4, -0.2) is 58.6 Å². The van der Waals surface area contributed by atoms with Crippen LogP contribution in [0, 0.1) is 11.3 Å². The fourth-order valence-electron chi connectivity index (χ4n) is 3.36. The summed E-state index contributed by atoms with van der Waals surface area (Å²) in [5.41, 5.74) is 5.35. The van der Waals surface area contributed by atoms with E-state index in [1.165, 1.54) is 0 Å². The molecule has 23 heavy (non-hydrogen) atoms. The van der Waals surface area contributed by atoms with Crippen LogP contribution >= 0.6 is 0 Å². The third-order valence-electron chi connectivity index (χ3n) is 4.89. The highest BCUT2D eigenvalue weighted by molar-refractivity contribution is 5.84. The molecule has 2 amide bonds. The predicted molar refractivity (Wildman–Crippen MR) is 88.8 cm³/mol. The van der Waals surface area contributed by atoms with Crippen molar-refractivity contribution in [2.45, 2.75) is 72.2 Å². The number of piperazine rings is 1. The zero-order valence-corrected chi connectivity index (χ0v) is 15.4. The van der Waals surface area contributed by atoms with Crippen molar-refractivity contribution < 1.29 is 14.3 Å². The summed E-state index contributed by atoms with van der Waals surface area (Å²) in [6.07, 6.45) is -0.288. The third-order valence-corrected chi connectivity index (χ3v) is 4.89. The molecule has 2 aliphatic rings. The molecular weight excluding hydrogens is 294 g/mol. The first-order valence-corrected chi connectivity index (χ1v) is 8.38. The summed E-state index contributed by atoms with van der Waals surface area (Å²) in [6.45, 7) is 14.7. The van der Waals surface area contributed by atoms with Crippen LogP contribution in [0.2, 0.25) is 0 Å². The molecule has 0 aliphatic carbocycles. The van der Waals surface area contributed by atoms with Crippen LogP contribution in [0.5, 0.6) is 0 Å². The van der Waals surface area contributed by atoms with Crippen LogP contribution in [0.1, 0.15) is 48.5 Å². The number of carbonyl (C=O) groups excluding carboxylic acids is 2. The van der Waals surface area contributed by atoms with Crippen molar-refractivity contribution in [1.29, 1.82) is 0 Å². The number of rotatable bonds is 1. The van der Waals surface area contributed by atoms with Crippen molar-refractivity contribution in [3.05, 3.63) is 0 Å². The molecule has 0 unspecified atom stereocenters. The van der Waals surface area contributed by atoms with E-state index in [1.807, 2.05) is 46.4 Å². The van der Waals surface area contributed by atoms with Crippen molar-refractivity contribution in [1.82, 2.24) is 9.80 Å². The van der Waals surface area contributed by atoms with Crippen molar-refractivity contribution in [3.63, 3.8) is 0 Å². The Morgan fingerprint density at radius 2 is 1.52 bits per heavy atom. The second-order valence-electron chi connectivity index (χ2n) is 8.96. The molecular formula is C17H31N3O3. The molecule has 0 aromatic carbocycles. The fraction of sp³-hybridized carbons (Fsp3) is 0.882. The molecule has 6 heteroatoms. The lowest BCUT2D eigenvalue weighted by molar-refractivity contribution is -0.137. The van der Waals surface area contributed by atoms with Gasteiger partial charge in [0.1, 0.15) is 5.60 Å². The number of likely N-dealkylation sites (tertiary alicyclic amines) is 2. The van der Waals surface area contributed by atoms with E-state index in [4.69, 9.17) is 10.5 Å².